The van der Waals surface area contributed by atoms with Gasteiger partial charge in [-0.15, -0.1) is 11.6 Å². The highest BCUT2D eigenvalue weighted by atomic mass is 35.5. The number of aryl methyl sites for hydroxylation is 2. The first-order valence-corrected chi connectivity index (χ1v) is 6.08. The van der Waals surface area contributed by atoms with Crippen LogP contribution in [0.2, 0.25) is 0 Å². The van der Waals surface area contributed by atoms with Gasteiger partial charge in [-0.3, -0.25) is 4.79 Å². The average Bonchev–Trinajstić information content (AvgIpc) is 2.28. The minimum Gasteiger partial charge on any atom is -0.496 e. The molecule has 0 heterocycles. The molecule has 4 heteroatoms. The van der Waals surface area contributed by atoms with Crippen molar-refractivity contribution in [2.75, 3.05) is 19.5 Å². The SMILES string of the molecule is COc1c(C)cc(CCNC(=O)CCl)cc1C. The lowest BCUT2D eigenvalue weighted by atomic mass is 10.0. The maximum absolute atomic E-state index is 11.0. The summed E-state index contributed by atoms with van der Waals surface area (Å²) in [7, 11) is 1.68. The average molecular weight is 256 g/mol. The van der Waals surface area contributed by atoms with Gasteiger partial charge >= 0.3 is 0 Å². The van der Waals surface area contributed by atoms with Crippen molar-refractivity contribution >= 4 is 17.5 Å². The molecule has 0 bridgehead atoms. The fourth-order valence-corrected chi connectivity index (χ4v) is 1.99. The van der Waals surface area contributed by atoms with Gasteiger partial charge in [0.2, 0.25) is 5.91 Å². The molecule has 17 heavy (non-hydrogen) atoms. The summed E-state index contributed by atoms with van der Waals surface area (Å²) in [5, 5.41) is 2.75. The summed E-state index contributed by atoms with van der Waals surface area (Å²) < 4.78 is 5.30. The first-order valence-electron chi connectivity index (χ1n) is 5.55. The van der Waals surface area contributed by atoms with E-state index in [1.807, 2.05) is 13.8 Å². The molecule has 1 amide bonds. The number of hydrogen-bond donors (Lipinski definition) is 1. The number of benzene rings is 1. The van der Waals surface area contributed by atoms with E-state index in [1.54, 1.807) is 7.11 Å². The minimum atomic E-state index is -0.131. The fourth-order valence-electron chi connectivity index (χ4n) is 1.90. The maximum Gasteiger partial charge on any atom is 0.234 e. The van der Waals surface area contributed by atoms with E-state index in [4.69, 9.17) is 16.3 Å². The Morgan fingerprint density at radius 1 is 1.35 bits per heavy atom. The van der Waals surface area contributed by atoms with Gasteiger partial charge in [0.05, 0.1) is 7.11 Å². The van der Waals surface area contributed by atoms with Gasteiger partial charge in [0.1, 0.15) is 11.6 Å². The molecule has 1 aromatic rings. The first-order chi connectivity index (χ1) is 8.08. The maximum atomic E-state index is 11.0. The van der Waals surface area contributed by atoms with Crippen LogP contribution in [0.15, 0.2) is 12.1 Å². The van der Waals surface area contributed by atoms with Crippen LogP contribution in [0, 0.1) is 13.8 Å². The number of amides is 1. The van der Waals surface area contributed by atoms with E-state index >= 15 is 0 Å². The Balaban J connectivity index is 2.64. The Bertz CT molecular complexity index is 381. The Hall–Kier alpha value is -1.22. The van der Waals surface area contributed by atoms with Crippen LogP contribution in [0.4, 0.5) is 0 Å². The number of methoxy groups -OCH3 is 1. The largest absolute Gasteiger partial charge is 0.496 e. The highest BCUT2D eigenvalue weighted by Crippen LogP contribution is 2.24. The molecule has 1 aromatic carbocycles. The summed E-state index contributed by atoms with van der Waals surface area (Å²) in [6.07, 6.45) is 0.800. The van der Waals surface area contributed by atoms with Gasteiger partial charge in [0.15, 0.2) is 0 Å². The Morgan fingerprint density at radius 2 is 1.94 bits per heavy atom. The van der Waals surface area contributed by atoms with Crippen LogP contribution < -0.4 is 10.1 Å². The highest BCUT2D eigenvalue weighted by Gasteiger charge is 2.05. The zero-order chi connectivity index (χ0) is 12.8. The molecule has 94 valence electrons. The number of halogens is 1. The van der Waals surface area contributed by atoms with Crippen LogP contribution in [0.5, 0.6) is 5.75 Å². The number of carbonyl (C=O) groups is 1. The molecule has 0 unspecified atom stereocenters. The van der Waals surface area contributed by atoms with Crippen LogP contribution in [0.25, 0.3) is 0 Å². The van der Waals surface area contributed by atoms with Crippen LogP contribution in [-0.4, -0.2) is 25.4 Å². The van der Waals surface area contributed by atoms with Crippen molar-refractivity contribution in [1.29, 1.82) is 0 Å². The van der Waals surface area contributed by atoms with Crippen molar-refractivity contribution in [1.82, 2.24) is 5.32 Å². The van der Waals surface area contributed by atoms with E-state index in [-0.39, 0.29) is 11.8 Å². The number of carbonyl (C=O) groups excluding carboxylic acids is 1. The van der Waals surface area contributed by atoms with E-state index < -0.39 is 0 Å². The summed E-state index contributed by atoms with van der Waals surface area (Å²) in [4.78, 5) is 11.0. The standard InChI is InChI=1S/C13H18ClNO2/c1-9-6-11(4-5-15-12(16)8-14)7-10(2)13(9)17-3/h6-7H,4-5,8H2,1-3H3,(H,15,16). The smallest absolute Gasteiger partial charge is 0.234 e. The Kier molecular flexibility index (Phi) is 5.29. The number of ether oxygens (including phenoxy) is 1. The predicted molar refractivity (Wildman–Crippen MR) is 69.9 cm³/mol. The van der Waals surface area contributed by atoms with Crippen LogP contribution in [0.3, 0.4) is 0 Å². The summed E-state index contributed by atoms with van der Waals surface area (Å²) in [6.45, 7) is 4.65. The molecule has 3 nitrogen and oxygen atoms in total. The third kappa shape index (κ3) is 3.93. The normalized spacial score (nSPS) is 10.1. The van der Waals surface area contributed by atoms with E-state index in [9.17, 15) is 4.79 Å². The molecule has 0 aliphatic rings. The summed E-state index contributed by atoms with van der Waals surface area (Å²) in [5.41, 5.74) is 3.42. The molecule has 0 aromatic heterocycles. The summed E-state index contributed by atoms with van der Waals surface area (Å²) in [6, 6.07) is 4.16. The molecule has 0 saturated heterocycles. The van der Waals surface area contributed by atoms with Gasteiger partial charge in [0.25, 0.3) is 0 Å². The molecular weight excluding hydrogens is 238 g/mol. The monoisotopic (exact) mass is 255 g/mol. The topological polar surface area (TPSA) is 38.3 Å². The van der Waals surface area contributed by atoms with Crippen molar-refractivity contribution < 1.29 is 9.53 Å². The number of hydrogen-bond acceptors (Lipinski definition) is 2. The van der Waals surface area contributed by atoms with E-state index in [2.05, 4.69) is 17.4 Å². The van der Waals surface area contributed by atoms with Crippen LogP contribution in [-0.2, 0) is 11.2 Å². The van der Waals surface area contributed by atoms with E-state index in [0.29, 0.717) is 6.54 Å². The lowest BCUT2D eigenvalue weighted by molar-refractivity contribution is -0.118. The first kappa shape index (κ1) is 13.8. The highest BCUT2D eigenvalue weighted by molar-refractivity contribution is 6.27. The molecule has 0 atom stereocenters. The second-order valence-corrected chi connectivity index (χ2v) is 4.26. The third-order valence-electron chi connectivity index (χ3n) is 2.58. The molecule has 0 aliphatic heterocycles. The van der Waals surface area contributed by atoms with Gasteiger partial charge < -0.3 is 10.1 Å². The molecule has 0 fully saturated rings. The van der Waals surface area contributed by atoms with Crippen LogP contribution in [0.1, 0.15) is 16.7 Å². The number of nitrogens with one attached hydrogen (secondary N) is 1. The van der Waals surface area contributed by atoms with Gasteiger partial charge in [0, 0.05) is 6.54 Å². The van der Waals surface area contributed by atoms with E-state index in [1.165, 1.54) is 5.56 Å². The second kappa shape index (κ2) is 6.50. The van der Waals surface area contributed by atoms with Gasteiger partial charge in [-0.25, -0.2) is 0 Å². The quantitative estimate of drug-likeness (QED) is 0.820. The molecule has 1 rings (SSSR count). The zero-order valence-corrected chi connectivity index (χ0v) is 11.2. The number of alkyl halides is 1. The van der Waals surface area contributed by atoms with Crippen molar-refractivity contribution in [3.05, 3.63) is 28.8 Å². The molecule has 0 radical (unpaired) electrons. The van der Waals surface area contributed by atoms with Crippen molar-refractivity contribution in [3.8, 4) is 5.75 Å². The van der Waals surface area contributed by atoms with Crippen molar-refractivity contribution in [3.63, 3.8) is 0 Å². The number of rotatable bonds is 5. The molecule has 0 spiro atoms. The predicted octanol–water partition coefficient (Wildman–Crippen LogP) is 2.21. The van der Waals surface area contributed by atoms with Gasteiger partial charge in [-0.2, -0.15) is 0 Å². The fraction of sp³-hybridized carbons (Fsp3) is 0.462. The molecular formula is C13H18ClNO2. The van der Waals surface area contributed by atoms with Crippen molar-refractivity contribution in [2.24, 2.45) is 0 Å². The molecule has 1 N–H and O–H groups in total. The second-order valence-electron chi connectivity index (χ2n) is 4.00. The van der Waals surface area contributed by atoms with Gasteiger partial charge in [-0.05, 0) is 37.0 Å². The zero-order valence-electron chi connectivity index (χ0n) is 10.5. The Morgan fingerprint density at radius 3 is 2.41 bits per heavy atom. The van der Waals surface area contributed by atoms with E-state index in [0.717, 1.165) is 23.3 Å². The molecule has 0 saturated carbocycles. The van der Waals surface area contributed by atoms with Crippen molar-refractivity contribution in [2.45, 2.75) is 20.3 Å². The third-order valence-corrected chi connectivity index (χ3v) is 2.82. The lowest BCUT2D eigenvalue weighted by Gasteiger charge is -2.11. The summed E-state index contributed by atoms with van der Waals surface area (Å²) >= 11 is 5.40. The minimum absolute atomic E-state index is 0.0146. The summed E-state index contributed by atoms with van der Waals surface area (Å²) in [5.74, 6) is 0.813. The van der Waals surface area contributed by atoms with Gasteiger partial charge in [-0.1, -0.05) is 12.1 Å². The lowest BCUT2D eigenvalue weighted by Crippen LogP contribution is -2.26. The molecule has 0 aliphatic carbocycles. The van der Waals surface area contributed by atoms with Crippen LogP contribution >= 0.6 is 11.6 Å². The Labute approximate surface area is 107 Å².